The van der Waals surface area contributed by atoms with Gasteiger partial charge in [0.15, 0.2) is 0 Å². The summed E-state index contributed by atoms with van der Waals surface area (Å²) in [6.07, 6.45) is 0.915. The normalized spacial score (nSPS) is 14.5. The summed E-state index contributed by atoms with van der Waals surface area (Å²) in [5.41, 5.74) is 1.05. The quantitative estimate of drug-likeness (QED) is 0.858. The Bertz CT molecular complexity index is 409. The van der Waals surface area contributed by atoms with Crippen LogP contribution in [0.4, 0.5) is 0 Å². The highest BCUT2D eigenvalue weighted by Gasteiger charge is 2.22. The third-order valence-electron chi connectivity index (χ3n) is 3.30. The lowest BCUT2D eigenvalue weighted by atomic mass is 10.0. The number of hydrogen-bond donors (Lipinski definition) is 1. The van der Waals surface area contributed by atoms with Crippen molar-refractivity contribution in [2.45, 2.75) is 39.3 Å². The first-order valence-corrected chi connectivity index (χ1v) is 6.56. The van der Waals surface area contributed by atoms with E-state index in [-0.39, 0.29) is 18.6 Å². The van der Waals surface area contributed by atoms with E-state index in [1.54, 1.807) is 0 Å². The SMILES string of the molecule is CCC(C)N(CC(=O)O)C(C)c1cccc(Cl)c1. The molecule has 1 aromatic rings. The van der Waals surface area contributed by atoms with E-state index in [1.807, 2.05) is 43.0 Å². The summed E-state index contributed by atoms with van der Waals surface area (Å²) in [5, 5.41) is 9.69. The fourth-order valence-corrected chi connectivity index (χ4v) is 2.22. The number of hydrogen-bond acceptors (Lipinski definition) is 2. The molecule has 1 N–H and O–H groups in total. The molecule has 0 fully saturated rings. The molecule has 2 unspecified atom stereocenters. The molecule has 100 valence electrons. The number of carboxylic acids is 1. The molecule has 18 heavy (non-hydrogen) atoms. The van der Waals surface area contributed by atoms with Crippen molar-refractivity contribution in [3.63, 3.8) is 0 Å². The van der Waals surface area contributed by atoms with Crippen LogP contribution in [0.3, 0.4) is 0 Å². The first kappa shape index (κ1) is 15.0. The average molecular weight is 270 g/mol. The molecule has 0 saturated heterocycles. The minimum atomic E-state index is -0.802. The topological polar surface area (TPSA) is 40.5 Å². The van der Waals surface area contributed by atoms with Crippen molar-refractivity contribution in [1.29, 1.82) is 0 Å². The second-order valence-electron chi connectivity index (χ2n) is 4.55. The van der Waals surface area contributed by atoms with Gasteiger partial charge in [-0.1, -0.05) is 30.7 Å². The molecule has 0 spiro atoms. The van der Waals surface area contributed by atoms with Crippen LogP contribution < -0.4 is 0 Å². The van der Waals surface area contributed by atoms with E-state index < -0.39 is 5.97 Å². The number of halogens is 1. The van der Waals surface area contributed by atoms with Crippen LogP contribution in [0.5, 0.6) is 0 Å². The van der Waals surface area contributed by atoms with Crippen LogP contribution in [-0.2, 0) is 4.79 Å². The molecule has 0 aliphatic heterocycles. The zero-order valence-corrected chi connectivity index (χ0v) is 11.8. The number of benzene rings is 1. The summed E-state index contributed by atoms with van der Waals surface area (Å²) < 4.78 is 0. The van der Waals surface area contributed by atoms with E-state index >= 15 is 0 Å². The maximum Gasteiger partial charge on any atom is 0.317 e. The van der Waals surface area contributed by atoms with Gasteiger partial charge in [-0.3, -0.25) is 9.69 Å². The Balaban J connectivity index is 2.94. The van der Waals surface area contributed by atoms with E-state index in [0.29, 0.717) is 5.02 Å². The molecule has 0 saturated carbocycles. The van der Waals surface area contributed by atoms with E-state index in [1.165, 1.54) is 0 Å². The fraction of sp³-hybridized carbons (Fsp3) is 0.500. The number of rotatable bonds is 6. The Labute approximate surface area is 113 Å². The maximum atomic E-state index is 11.0. The van der Waals surface area contributed by atoms with E-state index in [4.69, 9.17) is 16.7 Å². The monoisotopic (exact) mass is 269 g/mol. The molecular weight excluding hydrogens is 250 g/mol. The Morgan fingerprint density at radius 1 is 1.44 bits per heavy atom. The lowest BCUT2D eigenvalue weighted by Crippen LogP contribution is -2.39. The van der Waals surface area contributed by atoms with Gasteiger partial charge in [0, 0.05) is 17.1 Å². The van der Waals surface area contributed by atoms with Crippen molar-refractivity contribution >= 4 is 17.6 Å². The van der Waals surface area contributed by atoms with Crippen LogP contribution in [0.2, 0.25) is 5.02 Å². The molecule has 1 aromatic carbocycles. The van der Waals surface area contributed by atoms with Crippen molar-refractivity contribution < 1.29 is 9.90 Å². The smallest absolute Gasteiger partial charge is 0.317 e. The van der Waals surface area contributed by atoms with Crippen LogP contribution in [0.25, 0.3) is 0 Å². The maximum absolute atomic E-state index is 11.0. The average Bonchev–Trinajstić information content (AvgIpc) is 2.34. The predicted molar refractivity (Wildman–Crippen MR) is 74.0 cm³/mol. The fourth-order valence-electron chi connectivity index (χ4n) is 2.02. The van der Waals surface area contributed by atoms with Crippen molar-refractivity contribution in [1.82, 2.24) is 4.90 Å². The van der Waals surface area contributed by atoms with E-state index in [9.17, 15) is 4.79 Å². The van der Waals surface area contributed by atoms with Gasteiger partial charge in [-0.2, -0.15) is 0 Å². The summed E-state index contributed by atoms with van der Waals surface area (Å²) in [7, 11) is 0. The number of nitrogens with zero attached hydrogens (tertiary/aromatic N) is 1. The molecule has 0 aromatic heterocycles. The van der Waals surface area contributed by atoms with Gasteiger partial charge in [0.2, 0.25) is 0 Å². The first-order chi connectivity index (χ1) is 8.45. The Morgan fingerprint density at radius 3 is 2.61 bits per heavy atom. The largest absolute Gasteiger partial charge is 0.480 e. The minimum absolute atomic E-state index is 0.0368. The number of carboxylic acid groups (broad SMARTS) is 1. The van der Waals surface area contributed by atoms with Crippen LogP contribution >= 0.6 is 11.6 Å². The van der Waals surface area contributed by atoms with Gasteiger partial charge in [0.25, 0.3) is 0 Å². The second kappa shape index (κ2) is 6.76. The molecule has 0 radical (unpaired) electrons. The first-order valence-electron chi connectivity index (χ1n) is 6.18. The Hall–Kier alpha value is -1.06. The van der Waals surface area contributed by atoms with Crippen LogP contribution in [-0.4, -0.2) is 28.6 Å². The number of aliphatic carboxylic acids is 1. The third-order valence-corrected chi connectivity index (χ3v) is 3.54. The van der Waals surface area contributed by atoms with Crippen LogP contribution in [0.15, 0.2) is 24.3 Å². The van der Waals surface area contributed by atoms with Gasteiger partial charge < -0.3 is 5.11 Å². The standard InChI is InChI=1S/C14H20ClNO2/c1-4-10(2)16(9-14(17)18)11(3)12-6-5-7-13(15)8-12/h5-8,10-11H,4,9H2,1-3H3,(H,17,18). The molecule has 0 heterocycles. The molecule has 0 aliphatic rings. The minimum Gasteiger partial charge on any atom is -0.480 e. The number of carbonyl (C=O) groups is 1. The third kappa shape index (κ3) is 4.00. The molecule has 2 atom stereocenters. The summed E-state index contributed by atoms with van der Waals surface area (Å²) >= 11 is 5.98. The zero-order chi connectivity index (χ0) is 13.7. The van der Waals surface area contributed by atoms with Crippen LogP contribution in [0.1, 0.15) is 38.8 Å². The van der Waals surface area contributed by atoms with Crippen LogP contribution in [0, 0.1) is 0 Å². The zero-order valence-electron chi connectivity index (χ0n) is 11.1. The van der Waals surface area contributed by atoms with Crippen molar-refractivity contribution in [2.24, 2.45) is 0 Å². The molecule has 0 amide bonds. The lowest BCUT2D eigenvalue weighted by molar-refractivity contribution is -0.139. The Kier molecular flexibility index (Phi) is 5.63. The molecular formula is C14H20ClNO2. The summed E-state index contributed by atoms with van der Waals surface area (Å²) in [5.74, 6) is -0.802. The van der Waals surface area contributed by atoms with Gasteiger partial charge in [0.05, 0.1) is 6.54 Å². The van der Waals surface area contributed by atoms with Crippen molar-refractivity contribution in [3.05, 3.63) is 34.9 Å². The van der Waals surface area contributed by atoms with Gasteiger partial charge in [-0.05, 0) is 38.0 Å². The van der Waals surface area contributed by atoms with Gasteiger partial charge >= 0.3 is 5.97 Å². The highest BCUT2D eigenvalue weighted by molar-refractivity contribution is 6.30. The lowest BCUT2D eigenvalue weighted by Gasteiger charge is -2.33. The predicted octanol–water partition coefficient (Wildman–Crippen LogP) is 3.59. The van der Waals surface area contributed by atoms with E-state index in [0.717, 1.165) is 12.0 Å². The van der Waals surface area contributed by atoms with Crippen molar-refractivity contribution in [3.8, 4) is 0 Å². The summed E-state index contributed by atoms with van der Waals surface area (Å²) in [6.45, 7) is 6.16. The molecule has 0 aliphatic carbocycles. The van der Waals surface area contributed by atoms with Gasteiger partial charge in [0.1, 0.15) is 0 Å². The van der Waals surface area contributed by atoms with Gasteiger partial charge in [-0.25, -0.2) is 0 Å². The molecule has 3 nitrogen and oxygen atoms in total. The van der Waals surface area contributed by atoms with Gasteiger partial charge in [-0.15, -0.1) is 0 Å². The Morgan fingerprint density at radius 2 is 2.11 bits per heavy atom. The molecule has 4 heteroatoms. The second-order valence-corrected chi connectivity index (χ2v) is 4.99. The summed E-state index contributed by atoms with van der Waals surface area (Å²) in [6, 6.07) is 7.84. The highest BCUT2D eigenvalue weighted by Crippen LogP contribution is 2.25. The molecule has 1 rings (SSSR count). The molecule has 0 bridgehead atoms. The van der Waals surface area contributed by atoms with E-state index in [2.05, 4.69) is 6.92 Å². The van der Waals surface area contributed by atoms with Crippen molar-refractivity contribution in [2.75, 3.05) is 6.54 Å². The highest BCUT2D eigenvalue weighted by atomic mass is 35.5. The summed E-state index contributed by atoms with van der Waals surface area (Å²) in [4.78, 5) is 12.9.